The zero-order chi connectivity index (χ0) is 19.2. The first-order valence-corrected chi connectivity index (χ1v) is 7.84. The average Bonchev–Trinajstić information content (AvgIpc) is 3.18. The van der Waals surface area contributed by atoms with Gasteiger partial charge in [-0.2, -0.15) is 10.2 Å². The highest BCUT2D eigenvalue weighted by molar-refractivity contribution is 5.94. The number of ether oxygens (including phenoxy) is 1. The lowest BCUT2D eigenvalue weighted by atomic mass is 10.1. The van der Waals surface area contributed by atoms with E-state index < -0.39 is 10.8 Å². The number of nitro groups is 1. The second-order valence-electron chi connectivity index (χ2n) is 5.45. The molecule has 2 N–H and O–H groups in total. The minimum absolute atomic E-state index is 0.0515. The molecule has 3 rings (SSSR count). The number of hydrogen-bond acceptors (Lipinski definition) is 6. The third-order valence-corrected chi connectivity index (χ3v) is 3.65. The van der Waals surface area contributed by atoms with Gasteiger partial charge >= 0.3 is 0 Å². The van der Waals surface area contributed by atoms with Crippen LogP contribution >= 0.6 is 0 Å². The van der Waals surface area contributed by atoms with Gasteiger partial charge in [0.15, 0.2) is 0 Å². The first-order valence-electron chi connectivity index (χ1n) is 7.84. The first-order chi connectivity index (χ1) is 13.1. The highest BCUT2D eigenvalue weighted by Crippen LogP contribution is 2.22. The summed E-state index contributed by atoms with van der Waals surface area (Å²) in [6.45, 7) is 0. The summed E-state index contributed by atoms with van der Waals surface area (Å²) in [7, 11) is 1.56. The predicted octanol–water partition coefficient (Wildman–Crippen LogP) is 2.76. The van der Waals surface area contributed by atoms with E-state index in [2.05, 4.69) is 20.7 Å². The van der Waals surface area contributed by atoms with Crippen LogP contribution in [0, 0.1) is 10.1 Å². The van der Waals surface area contributed by atoms with Crippen molar-refractivity contribution in [2.24, 2.45) is 5.10 Å². The van der Waals surface area contributed by atoms with Crippen LogP contribution in [0.4, 0.5) is 5.69 Å². The van der Waals surface area contributed by atoms with Crippen molar-refractivity contribution in [3.05, 3.63) is 76.0 Å². The van der Waals surface area contributed by atoms with E-state index in [1.807, 2.05) is 12.1 Å². The van der Waals surface area contributed by atoms with Crippen molar-refractivity contribution >= 4 is 17.8 Å². The van der Waals surface area contributed by atoms with Crippen LogP contribution in [0.1, 0.15) is 16.1 Å². The van der Waals surface area contributed by atoms with Gasteiger partial charge in [0.25, 0.3) is 11.6 Å². The number of aromatic nitrogens is 2. The molecule has 1 aromatic heterocycles. The second kappa shape index (κ2) is 7.91. The van der Waals surface area contributed by atoms with Crippen molar-refractivity contribution < 1.29 is 14.5 Å². The standard InChI is InChI=1S/C18H15N5O4/c1-27-15-7-2-4-12(8-15)11-19-22-18(24)17-10-16(20-21-17)13-5-3-6-14(9-13)23(25)26/h2-11H,1H3,(H,20,21)(H,22,24). The zero-order valence-corrected chi connectivity index (χ0v) is 14.2. The normalized spacial score (nSPS) is 10.7. The van der Waals surface area contributed by atoms with Crippen LogP contribution in [-0.2, 0) is 0 Å². The Labute approximate surface area is 153 Å². The number of non-ortho nitro benzene ring substituents is 1. The van der Waals surface area contributed by atoms with E-state index >= 15 is 0 Å². The number of nitrogens with one attached hydrogen (secondary N) is 2. The van der Waals surface area contributed by atoms with E-state index in [1.165, 1.54) is 24.4 Å². The van der Waals surface area contributed by atoms with Gasteiger partial charge in [0, 0.05) is 17.7 Å². The third-order valence-electron chi connectivity index (χ3n) is 3.65. The molecule has 0 aliphatic carbocycles. The lowest BCUT2D eigenvalue weighted by Crippen LogP contribution is -2.18. The number of nitrogens with zero attached hydrogens (tertiary/aromatic N) is 3. The molecule has 27 heavy (non-hydrogen) atoms. The predicted molar refractivity (Wildman–Crippen MR) is 98.7 cm³/mol. The van der Waals surface area contributed by atoms with Crippen molar-refractivity contribution in [2.45, 2.75) is 0 Å². The van der Waals surface area contributed by atoms with E-state index in [4.69, 9.17) is 4.74 Å². The van der Waals surface area contributed by atoms with Gasteiger partial charge in [0.05, 0.1) is 23.9 Å². The average molecular weight is 365 g/mol. The lowest BCUT2D eigenvalue weighted by molar-refractivity contribution is -0.384. The molecule has 0 spiro atoms. The summed E-state index contributed by atoms with van der Waals surface area (Å²) < 4.78 is 5.12. The Bertz CT molecular complexity index is 1010. The molecule has 1 heterocycles. The minimum Gasteiger partial charge on any atom is -0.497 e. The molecular weight excluding hydrogens is 350 g/mol. The Morgan fingerprint density at radius 2 is 2.07 bits per heavy atom. The van der Waals surface area contributed by atoms with Crippen molar-refractivity contribution in [3.63, 3.8) is 0 Å². The smallest absolute Gasteiger partial charge is 0.289 e. The number of hydrogen-bond donors (Lipinski definition) is 2. The SMILES string of the molecule is COc1cccc(C=NNC(=O)c2cc(-c3cccc([N+](=O)[O-])c3)n[nH]2)c1. The largest absolute Gasteiger partial charge is 0.497 e. The number of rotatable bonds is 6. The van der Waals surface area contributed by atoms with Crippen LogP contribution in [0.15, 0.2) is 59.7 Å². The number of nitro benzene ring substituents is 1. The maximum atomic E-state index is 12.1. The molecule has 0 saturated carbocycles. The van der Waals surface area contributed by atoms with Gasteiger partial charge in [-0.1, -0.05) is 24.3 Å². The number of aromatic amines is 1. The number of hydrazone groups is 1. The maximum Gasteiger partial charge on any atom is 0.289 e. The van der Waals surface area contributed by atoms with E-state index in [-0.39, 0.29) is 11.4 Å². The van der Waals surface area contributed by atoms with Gasteiger partial charge in [-0.3, -0.25) is 20.0 Å². The van der Waals surface area contributed by atoms with Crippen LogP contribution < -0.4 is 10.2 Å². The fourth-order valence-corrected chi connectivity index (χ4v) is 2.31. The summed E-state index contributed by atoms with van der Waals surface area (Å²) in [5.74, 6) is 0.193. The zero-order valence-electron chi connectivity index (χ0n) is 14.2. The molecule has 3 aromatic rings. The molecular formula is C18H15N5O4. The van der Waals surface area contributed by atoms with Crippen LogP contribution in [0.25, 0.3) is 11.3 Å². The van der Waals surface area contributed by atoms with Gasteiger partial charge in [0.1, 0.15) is 11.4 Å². The topological polar surface area (TPSA) is 123 Å². The van der Waals surface area contributed by atoms with E-state index in [0.29, 0.717) is 17.0 Å². The van der Waals surface area contributed by atoms with Crippen LogP contribution in [-0.4, -0.2) is 34.4 Å². The number of H-pyrrole nitrogens is 1. The number of amides is 1. The molecule has 9 heteroatoms. The summed E-state index contributed by atoms with van der Waals surface area (Å²) in [5, 5.41) is 21.4. The fourth-order valence-electron chi connectivity index (χ4n) is 2.31. The number of benzene rings is 2. The van der Waals surface area contributed by atoms with E-state index in [0.717, 1.165) is 5.56 Å². The maximum absolute atomic E-state index is 12.1. The summed E-state index contributed by atoms with van der Waals surface area (Å²) in [6.07, 6.45) is 1.48. The minimum atomic E-state index is -0.489. The third kappa shape index (κ3) is 4.34. The number of carbonyl (C=O) groups excluding carboxylic acids is 1. The molecule has 1 amide bonds. The molecule has 136 valence electrons. The van der Waals surface area contributed by atoms with E-state index in [1.54, 1.807) is 31.4 Å². The van der Waals surface area contributed by atoms with Gasteiger partial charge in [-0.25, -0.2) is 5.43 Å². The summed E-state index contributed by atoms with van der Waals surface area (Å²) in [6, 6.07) is 14.7. The fraction of sp³-hybridized carbons (Fsp3) is 0.0556. The molecule has 2 aromatic carbocycles. The Morgan fingerprint density at radius 1 is 1.26 bits per heavy atom. The van der Waals surface area contributed by atoms with Gasteiger partial charge in [-0.15, -0.1) is 0 Å². The molecule has 0 bridgehead atoms. The Morgan fingerprint density at radius 3 is 2.85 bits per heavy atom. The van der Waals surface area contributed by atoms with Crippen molar-refractivity contribution in [3.8, 4) is 17.0 Å². The first kappa shape index (κ1) is 17.8. The van der Waals surface area contributed by atoms with E-state index in [9.17, 15) is 14.9 Å². The molecule has 0 aliphatic heterocycles. The molecule has 0 fully saturated rings. The summed E-state index contributed by atoms with van der Waals surface area (Å²) in [4.78, 5) is 22.5. The van der Waals surface area contributed by atoms with Crippen LogP contribution in [0.2, 0.25) is 0 Å². The molecule has 0 saturated heterocycles. The quantitative estimate of drug-likeness (QED) is 0.395. The highest BCUT2D eigenvalue weighted by atomic mass is 16.6. The number of carbonyl (C=O) groups is 1. The van der Waals surface area contributed by atoms with Gasteiger partial charge in [-0.05, 0) is 23.8 Å². The Hall–Kier alpha value is -4.01. The molecule has 0 atom stereocenters. The Balaban J connectivity index is 1.69. The Kier molecular flexibility index (Phi) is 5.22. The highest BCUT2D eigenvalue weighted by Gasteiger charge is 2.13. The van der Waals surface area contributed by atoms with Crippen molar-refractivity contribution in [1.82, 2.24) is 15.6 Å². The lowest BCUT2D eigenvalue weighted by Gasteiger charge is -2.00. The molecule has 9 nitrogen and oxygen atoms in total. The molecule has 0 unspecified atom stereocenters. The second-order valence-corrected chi connectivity index (χ2v) is 5.45. The summed E-state index contributed by atoms with van der Waals surface area (Å²) in [5.41, 5.74) is 4.22. The summed E-state index contributed by atoms with van der Waals surface area (Å²) >= 11 is 0. The van der Waals surface area contributed by atoms with Gasteiger partial charge in [0.2, 0.25) is 0 Å². The van der Waals surface area contributed by atoms with Gasteiger partial charge < -0.3 is 4.74 Å². The van der Waals surface area contributed by atoms with Crippen molar-refractivity contribution in [1.29, 1.82) is 0 Å². The van der Waals surface area contributed by atoms with Crippen LogP contribution in [0.3, 0.4) is 0 Å². The molecule has 0 radical (unpaired) electrons. The monoisotopic (exact) mass is 365 g/mol. The van der Waals surface area contributed by atoms with Crippen molar-refractivity contribution in [2.75, 3.05) is 7.11 Å². The van der Waals surface area contributed by atoms with Crippen LogP contribution in [0.5, 0.6) is 5.75 Å². The number of methoxy groups -OCH3 is 1. The molecule has 0 aliphatic rings.